The molecule has 0 aliphatic heterocycles. The van der Waals surface area contributed by atoms with Crippen molar-refractivity contribution in [2.24, 2.45) is 5.73 Å². The minimum Gasteiger partial charge on any atom is -0.322 e. The summed E-state index contributed by atoms with van der Waals surface area (Å²) in [5, 5.41) is 2.53. The van der Waals surface area contributed by atoms with Crippen molar-refractivity contribution in [1.29, 1.82) is 0 Å². The van der Waals surface area contributed by atoms with Gasteiger partial charge < -0.3 is 5.73 Å². The van der Waals surface area contributed by atoms with Gasteiger partial charge in [0.25, 0.3) is 0 Å². The standard InChI is InChI=1S/C18H26N2/c1-5-20(6-2)18(3,4)17(19)16-13-9-11-14-10-7-8-12-15(14)16/h7-13,17H,5-6,19H2,1-4H3. The second-order valence-corrected chi connectivity index (χ2v) is 5.87. The molecule has 0 saturated carbocycles. The Hall–Kier alpha value is -1.38. The molecule has 1 atom stereocenters. The number of hydrogen-bond acceptors (Lipinski definition) is 2. The Morgan fingerprint density at radius 2 is 1.60 bits per heavy atom. The molecule has 1 unspecified atom stereocenters. The lowest BCUT2D eigenvalue weighted by Crippen LogP contribution is -2.51. The van der Waals surface area contributed by atoms with Gasteiger partial charge in [0, 0.05) is 11.6 Å². The summed E-state index contributed by atoms with van der Waals surface area (Å²) in [6.45, 7) is 10.9. The summed E-state index contributed by atoms with van der Waals surface area (Å²) < 4.78 is 0. The Kier molecular flexibility index (Phi) is 4.46. The van der Waals surface area contributed by atoms with Gasteiger partial charge in [-0.3, -0.25) is 4.90 Å². The van der Waals surface area contributed by atoms with Gasteiger partial charge in [-0.05, 0) is 43.3 Å². The first kappa shape index (κ1) is 15.0. The van der Waals surface area contributed by atoms with E-state index in [0.717, 1.165) is 13.1 Å². The Morgan fingerprint density at radius 1 is 1.00 bits per heavy atom. The van der Waals surface area contributed by atoms with Gasteiger partial charge in [-0.25, -0.2) is 0 Å². The maximum absolute atomic E-state index is 6.65. The van der Waals surface area contributed by atoms with Gasteiger partial charge >= 0.3 is 0 Å². The first-order chi connectivity index (χ1) is 9.52. The molecule has 0 aliphatic rings. The lowest BCUT2D eigenvalue weighted by atomic mass is 9.85. The number of nitrogens with two attached hydrogens (primary N) is 1. The minimum absolute atomic E-state index is 0.00602. The van der Waals surface area contributed by atoms with E-state index < -0.39 is 0 Å². The summed E-state index contributed by atoms with van der Waals surface area (Å²) in [4.78, 5) is 2.43. The first-order valence-electron chi connectivity index (χ1n) is 7.50. The quantitative estimate of drug-likeness (QED) is 0.891. The molecule has 0 amide bonds. The van der Waals surface area contributed by atoms with Crippen molar-refractivity contribution in [3.8, 4) is 0 Å². The third kappa shape index (κ3) is 2.58. The van der Waals surface area contributed by atoms with E-state index >= 15 is 0 Å². The predicted molar refractivity (Wildman–Crippen MR) is 87.9 cm³/mol. The van der Waals surface area contributed by atoms with Crippen LogP contribution >= 0.6 is 0 Å². The summed E-state index contributed by atoms with van der Waals surface area (Å²) in [6, 6.07) is 14.9. The molecular formula is C18H26N2. The van der Waals surface area contributed by atoms with E-state index in [9.17, 15) is 0 Å². The van der Waals surface area contributed by atoms with Crippen molar-refractivity contribution in [3.05, 3.63) is 48.0 Å². The fourth-order valence-electron chi connectivity index (χ4n) is 3.14. The van der Waals surface area contributed by atoms with Crippen molar-refractivity contribution in [2.75, 3.05) is 13.1 Å². The zero-order chi connectivity index (χ0) is 14.8. The summed E-state index contributed by atoms with van der Waals surface area (Å²) in [6.07, 6.45) is 0. The topological polar surface area (TPSA) is 29.3 Å². The molecule has 2 nitrogen and oxygen atoms in total. The monoisotopic (exact) mass is 270 g/mol. The van der Waals surface area contributed by atoms with Crippen molar-refractivity contribution < 1.29 is 0 Å². The van der Waals surface area contributed by atoms with Crippen LogP contribution in [0.5, 0.6) is 0 Å². The molecular weight excluding hydrogens is 244 g/mol. The SMILES string of the molecule is CCN(CC)C(C)(C)C(N)c1cccc2ccccc12. The van der Waals surface area contributed by atoms with Crippen LogP contribution in [0.25, 0.3) is 10.8 Å². The predicted octanol–water partition coefficient (Wildman–Crippen LogP) is 3.96. The maximum Gasteiger partial charge on any atom is 0.0482 e. The van der Waals surface area contributed by atoms with Crippen LogP contribution < -0.4 is 5.73 Å². The molecule has 20 heavy (non-hydrogen) atoms. The van der Waals surface area contributed by atoms with Crippen molar-refractivity contribution in [2.45, 2.75) is 39.3 Å². The molecule has 2 aromatic rings. The maximum atomic E-state index is 6.65. The summed E-state index contributed by atoms with van der Waals surface area (Å²) in [5.41, 5.74) is 7.82. The van der Waals surface area contributed by atoms with E-state index in [1.807, 2.05) is 0 Å². The minimum atomic E-state index is -0.0619. The van der Waals surface area contributed by atoms with Gasteiger partial charge in [0.1, 0.15) is 0 Å². The molecule has 0 bridgehead atoms. The second kappa shape index (κ2) is 5.94. The second-order valence-electron chi connectivity index (χ2n) is 5.87. The molecule has 2 heteroatoms. The number of fused-ring (bicyclic) bond motifs is 1. The number of rotatable bonds is 5. The van der Waals surface area contributed by atoms with Gasteiger partial charge in [-0.15, -0.1) is 0 Å². The number of likely N-dealkylation sites (N-methyl/N-ethyl adjacent to an activating group) is 1. The van der Waals surface area contributed by atoms with Crippen LogP contribution in [0.15, 0.2) is 42.5 Å². The summed E-state index contributed by atoms with van der Waals surface area (Å²) in [7, 11) is 0. The molecule has 0 aliphatic carbocycles. The third-order valence-corrected chi connectivity index (χ3v) is 4.50. The van der Waals surface area contributed by atoms with Crippen molar-refractivity contribution >= 4 is 10.8 Å². The molecule has 108 valence electrons. The van der Waals surface area contributed by atoms with E-state index in [2.05, 4.69) is 75.1 Å². The fourth-order valence-corrected chi connectivity index (χ4v) is 3.14. The fraction of sp³-hybridized carbons (Fsp3) is 0.444. The van der Waals surface area contributed by atoms with E-state index in [1.165, 1.54) is 16.3 Å². The molecule has 2 N–H and O–H groups in total. The van der Waals surface area contributed by atoms with E-state index in [0.29, 0.717) is 0 Å². The van der Waals surface area contributed by atoms with Gasteiger partial charge in [0.05, 0.1) is 0 Å². The van der Waals surface area contributed by atoms with Crippen LogP contribution in [0.1, 0.15) is 39.3 Å². The Bertz CT molecular complexity index is 565. The van der Waals surface area contributed by atoms with Crippen molar-refractivity contribution in [3.63, 3.8) is 0 Å². The van der Waals surface area contributed by atoms with Crippen molar-refractivity contribution in [1.82, 2.24) is 4.90 Å². The lowest BCUT2D eigenvalue weighted by Gasteiger charge is -2.42. The Balaban J connectivity index is 2.48. The summed E-state index contributed by atoms with van der Waals surface area (Å²) in [5.74, 6) is 0. The van der Waals surface area contributed by atoms with Crippen LogP contribution in [0.4, 0.5) is 0 Å². The first-order valence-corrected chi connectivity index (χ1v) is 7.50. The molecule has 0 saturated heterocycles. The van der Waals surface area contributed by atoms with E-state index in [1.54, 1.807) is 0 Å². The molecule has 2 aromatic carbocycles. The highest BCUT2D eigenvalue weighted by Crippen LogP contribution is 2.33. The van der Waals surface area contributed by atoms with E-state index in [-0.39, 0.29) is 11.6 Å². The van der Waals surface area contributed by atoms with Crippen LogP contribution in [0.3, 0.4) is 0 Å². The molecule has 2 rings (SSSR count). The molecule has 0 radical (unpaired) electrons. The van der Waals surface area contributed by atoms with E-state index in [4.69, 9.17) is 5.73 Å². The molecule has 0 aromatic heterocycles. The average molecular weight is 270 g/mol. The molecule has 0 spiro atoms. The molecule has 0 heterocycles. The van der Waals surface area contributed by atoms with Crippen LogP contribution in [0.2, 0.25) is 0 Å². The normalized spacial score (nSPS) is 13.9. The van der Waals surface area contributed by atoms with Crippen LogP contribution in [0, 0.1) is 0 Å². The Labute approximate surface area is 122 Å². The van der Waals surface area contributed by atoms with Crippen LogP contribution in [-0.4, -0.2) is 23.5 Å². The van der Waals surface area contributed by atoms with Gasteiger partial charge in [0.2, 0.25) is 0 Å². The van der Waals surface area contributed by atoms with Gasteiger partial charge in [0.15, 0.2) is 0 Å². The Morgan fingerprint density at radius 3 is 2.25 bits per heavy atom. The third-order valence-electron chi connectivity index (χ3n) is 4.50. The number of benzene rings is 2. The average Bonchev–Trinajstić information content (AvgIpc) is 2.47. The highest BCUT2D eigenvalue weighted by atomic mass is 15.2. The zero-order valence-electron chi connectivity index (χ0n) is 13.1. The largest absolute Gasteiger partial charge is 0.322 e. The van der Waals surface area contributed by atoms with Gasteiger partial charge in [-0.2, -0.15) is 0 Å². The molecule has 0 fully saturated rings. The summed E-state index contributed by atoms with van der Waals surface area (Å²) >= 11 is 0. The zero-order valence-corrected chi connectivity index (χ0v) is 13.1. The lowest BCUT2D eigenvalue weighted by molar-refractivity contribution is 0.107. The van der Waals surface area contributed by atoms with Gasteiger partial charge in [-0.1, -0.05) is 56.3 Å². The number of hydrogen-bond donors (Lipinski definition) is 1. The van der Waals surface area contributed by atoms with Crippen LogP contribution in [-0.2, 0) is 0 Å². The number of nitrogens with zero attached hydrogens (tertiary/aromatic N) is 1. The highest BCUT2D eigenvalue weighted by Gasteiger charge is 2.33. The highest BCUT2D eigenvalue weighted by molar-refractivity contribution is 5.86. The smallest absolute Gasteiger partial charge is 0.0482 e.